The molecule has 5 nitrogen and oxygen atoms in total. The number of rotatable bonds is 5. The van der Waals surface area contributed by atoms with E-state index in [1.807, 2.05) is 0 Å². The summed E-state index contributed by atoms with van der Waals surface area (Å²) in [7, 11) is 0. The van der Waals surface area contributed by atoms with Gasteiger partial charge in [0.15, 0.2) is 0 Å². The molecule has 2 aliphatic rings. The van der Waals surface area contributed by atoms with Gasteiger partial charge in [-0.05, 0) is 30.9 Å². The molecule has 0 radical (unpaired) electrons. The van der Waals surface area contributed by atoms with Crippen molar-refractivity contribution < 1.29 is 23.0 Å². The fourth-order valence-corrected chi connectivity index (χ4v) is 3.44. The van der Waals surface area contributed by atoms with E-state index < -0.39 is 6.61 Å². The van der Waals surface area contributed by atoms with Crippen LogP contribution >= 0.6 is 0 Å². The van der Waals surface area contributed by atoms with Gasteiger partial charge in [0.1, 0.15) is 5.75 Å². The van der Waals surface area contributed by atoms with Crippen molar-refractivity contribution in [3.8, 4) is 5.75 Å². The highest BCUT2D eigenvalue weighted by Crippen LogP contribution is 2.23. The molecule has 0 atom stereocenters. The number of benzene rings is 1. The Balaban J connectivity index is 1.55. The minimum Gasteiger partial charge on any atom is -0.434 e. The molecule has 0 N–H and O–H groups in total. The Kier molecular flexibility index (Phi) is 6.20. The molecule has 25 heavy (non-hydrogen) atoms. The third kappa shape index (κ3) is 4.89. The average molecular weight is 354 g/mol. The Labute approximate surface area is 146 Å². The van der Waals surface area contributed by atoms with Crippen molar-refractivity contribution >= 4 is 5.91 Å². The lowest BCUT2D eigenvalue weighted by Crippen LogP contribution is -2.50. The van der Waals surface area contributed by atoms with Crippen LogP contribution in [0.25, 0.3) is 0 Å². The molecular weight excluding hydrogens is 330 g/mol. The van der Waals surface area contributed by atoms with Gasteiger partial charge in [0.05, 0.1) is 5.56 Å². The molecule has 0 aromatic heterocycles. The first-order chi connectivity index (χ1) is 12.1. The zero-order valence-electron chi connectivity index (χ0n) is 14.2. The molecule has 0 unspecified atom stereocenters. The summed E-state index contributed by atoms with van der Waals surface area (Å²) in [4.78, 5) is 16.8. The lowest BCUT2D eigenvalue weighted by Gasteiger charge is -2.37. The molecule has 138 valence electrons. The molecule has 7 heteroatoms. The van der Waals surface area contributed by atoms with E-state index in [9.17, 15) is 13.6 Å². The molecular formula is C18H24F2N2O3. The summed E-state index contributed by atoms with van der Waals surface area (Å²) in [5.74, 6) is 0.352. The van der Waals surface area contributed by atoms with Gasteiger partial charge in [-0.25, -0.2) is 0 Å². The molecule has 3 rings (SSSR count). The van der Waals surface area contributed by atoms with Crippen molar-refractivity contribution in [1.29, 1.82) is 0 Å². The predicted molar refractivity (Wildman–Crippen MR) is 89.0 cm³/mol. The first kappa shape index (κ1) is 18.1. The second kappa shape index (κ2) is 8.58. The number of para-hydroxylation sites is 1. The van der Waals surface area contributed by atoms with Gasteiger partial charge < -0.3 is 14.4 Å². The number of carbonyl (C=O) groups excluding carboxylic acids is 1. The molecule has 0 spiro atoms. The van der Waals surface area contributed by atoms with Crippen LogP contribution in [0.15, 0.2) is 24.3 Å². The number of piperazine rings is 1. The van der Waals surface area contributed by atoms with Crippen LogP contribution < -0.4 is 4.74 Å². The zero-order chi connectivity index (χ0) is 17.6. The fourth-order valence-electron chi connectivity index (χ4n) is 3.44. The summed E-state index contributed by atoms with van der Waals surface area (Å²) < 4.78 is 34.9. The summed E-state index contributed by atoms with van der Waals surface area (Å²) in [6, 6.07) is 6.18. The Bertz CT molecular complexity index is 571. The summed E-state index contributed by atoms with van der Waals surface area (Å²) >= 11 is 0. The monoisotopic (exact) mass is 354 g/mol. The molecule has 1 amide bonds. The molecule has 0 saturated carbocycles. The van der Waals surface area contributed by atoms with Crippen molar-refractivity contribution in [3.05, 3.63) is 29.8 Å². The highest BCUT2D eigenvalue weighted by atomic mass is 19.3. The minimum atomic E-state index is -2.94. The van der Waals surface area contributed by atoms with Gasteiger partial charge >= 0.3 is 6.61 Å². The molecule has 0 bridgehead atoms. The van der Waals surface area contributed by atoms with Crippen LogP contribution in [0.1, 0.15) is 23.2 Å². The molecule has 2 fully saturated rings. The summed E-state index contributed by atoms with van der Waals surface area (Å²) in [5, 5.41) is 0. The predicted octanol–water partition coefficient (Wildman–Crippen LogP) is 2.47. The highest BCUT2D eigenvalue weighted by molar-refractivity contribution is 5.97. The van der Waals surface area contributed by atoms with Gasteiger partial charge in [0.2, 0.25) is 0 Å². The van der Waals surface area contributed by atoms with Crippen molar-refractivity contribution in [2.24, 2.45) is 5.92 Å². The quantitative estimate of drug-likeness (QED) is 0.815. The normalized spacial score (nSPS) is 20.0. The van der Waals surface area contributed by atoms with Crippen LogP contribution in [-0.2, 0) is 4.74 Å². The first-order valence-corrected chi connectivity index (χ1v) is 8.76. The van der Waals surface area contributed by atoms with Crippen molar-refractivity contribution in [3.63, 3.8) is 0 Å². The second-order valence-electron chi connectivity index (χ2n) is 6.52. The number of alkyl halides is 2. The van der Waals surface area contributed by atoms with Crippen LogP contribution in [0.5, 0.6) is 5.75 Å². The average Bonchev–Trinajstić information content (AvgIpc) is 2.63. The first-order valence-electron chi connectivity index (χ1n) is 8.76. The SMILES string of the molecule is O=C(c1ccccc1OC(F)F)N1CCN(CC2CCOCC2)CC1. The lowest BCUT2D eigenvalue weighted by atomic mass is 9.99. The van der Waals surface area contributed by atoms with Crippen LogP contribution in [0.2, 0.25) is 0 Å². The highest BCUT2D eigenvalue weighted by Gasteiger charge is 2.26. The van der Waals surface area contributed by atoms with Crippen LogP contribution in [-0.4, -0.2) is 68.3 Å². The fraction of sp³-hybridized carbons (Fsp3) is 0.611. The van der Waals surface area contributed by atoms with Crippen molar-refractivity contribution in [1.82, 2.24) is 9.80 Å². The Hall–Kier alpha value is -1.73. The van der Waals surface area contributed by atoms with E-state index in [0.29, 0.717) is 19.0 Å². The van der Waals surface area contributed by atoms with Gasteiger partial charge in [-0.1, -0.05) is 12.1 Å². The van der Waals surface area contributed by atoms with Crippen molar-refractivity contribution in [2.75, 3.05) is 45.9 Å². The van der Waals surface area contributed by atoms with E-state index in [2.05, 4.69) is 9.64 Å². The summed E-state index contributed by atoms with van der Waals surface area (Å²) in [6.07, 6.45) is 2.19. The third-order valence-electron chi connectivity index (χ3n) is 4.85. The Morgan fingerprint density at radius 3 is 2.52 bits per heavy atom. The van der Waals surface area contributed by atoms with E-state index in [4.69, 9.17) is 4.74 Å². The maximum absolute atomic E-state index is 12.7. The van der Waals surface area contributed by atoms with Crippen LogP contribution in [0.4, 0.5) is 8.78 Å². The number of hydrogen-bond donors (Lipinski definition) is 0. The van der Waals surface area contributed by atoms with E-state index >= 15 is 0 Å². The molecule has 2 saturated heterocycles. The maximum Gasteiger partial charge on any atom is 0.387 e. The molecule has 2 heterocycles. The molecule has 1 aromatic carbocycles. The van der Waals surface area contributed by atoms with Gasteiger partial charge in [-0.3, -0.25) is 9.69 Å². The van der Waals surface area contributed by atoms with E-state index in [1.165, 1.54) is 12.1 Å². The number of nitrogens with zero attached hydrogens (tertiary/aromatic N) is 2. The van der Waals surface area contributed by atoms with E-state index in [-0.39, 0.29) is 17.2 Å². The van der Waals surface area contributed by atoms with E-state index in [0.717, 1.165) is 45.7 Å². The smallest absolute Gasteiger partial charge is 0.387 e. The van der Waals surface area contributed by atoms with Gasteiger partial charge in [0.25, 0.3) is 5.91 Å². The number of carbonyl (C=O) groups is 1. The number of hydrogen-bond acceptors (Lipinski definition) is 4. The Morgan fingerprint density at radius 1 is 1.16 bits per heavy atom. The molecule has 2 aliphatic heterocycles. The lowest BCUT2D eigenvalue weighted by molar-refractivity contribution is -0.0503. The standard InChI is InChI=1S/C18H24F2N2O3/c19-18(20)25-16-4-2-1-3-15(16)17(23)22-9-7-21(8-10-22)13-14-5-11-24-12-6-14/h1-4,14,18H,5-13H2. The number of halogens is 2. The van der Waals surface area contributed by atoms with Crippen LogP contribution in [0, 0.1) is 5.92 Å². The number of amides is 1. The molecule has 1 aromatic rings. The van der Waals surface area contributed by atoms with Gasteiger partial charge in [0, 0.05) is 45.9 Å². The Morgan fingerprint density at radius 2 is 1.84 bits per heavy atom. The summed E-state index contributed by atoms with van der Waals surface area (Å²) in [6.45, 7) is 2.59. The largest absolute Gasteiger partial charge is 0.434 e. The van der Waals surface area contributed by atoms with E-state index in [1.54, 1.807) is 17.0 Å². The van der Waals surface area contributed by atoms with Crippen LogP contribution in [0.3, 0.4) is 0 Å². The summed E-state index contributed by atoms with van der Waals surface area (Å²) in [5.41, 5.74) is 0.195. The minimum absolute atomic E-state index is 0.0628. The zero-order valence-corrected chi connectivity index (χ0v) is 14.2. The third-order valence-corrected chi connectivity index (χ3v) is 4.85. The van der Waals surface area contributed by atoms with Crippen molar-refractivity contribution in [2.45, 2.75) is 19.5 Å². The molecule has 0 aliphatic carbocycles. The number of ether oxygens (including phenoxy) is 2. The van der Waals surface area contributed by atoms with Gasteiger partial charge in [-0.2, -0.15) is 8.78 Å². The second-order valence-corrected chi connectivity index (χ2v) is 6.52. The van der Waals surface area contributed by atoms with Gasteiger partial charge in [-0.15, -0.1) is 0 Å². The topological polar surface area (TPSA) is 42.0 Å². The maximum atomic E-state index is 12.7.